The first kappa shape index (κ1) is 15.5. The van der Waals surface area contributed by atoms with Crippen LogP contribution in [0.25, 0.3) is 0 Å². The maximum atomic E-state index is 11.9. The zero-order valence-corrected chi connectivity index (χ0v) is 12.3. The van der Waals surface area contributed by atoms with E-state index in [9.17, 15) is 9.59 Å². The Bertz CT molecular complexity index is 494. The smallest absolute Gasteiger partial charge is 0.247 e. The summed E-state index contributed by atoms with van der Waals surface area (Å²) in [6, 6.07) is 0.973. The van der Waals surface area contributed by atoms with E-state index >= 15 is 0 Å². The topological polar surface area (TPSA) is 93.5 Å². The van der Waals surface area contributed by atoms with Gasteiger partial charge >= 0.3 is 0 Å². The molecule has 0 saturated carbocycles. The monoisotopic (exact) mass is 295 g/mol. The number of carbonyl (C=O) groups is 2. The van der Waals surface area contributed by atoms with Gasteiger partial charge in [0, 0.05) is 12.7 Å². The Morgan fingerprint density at radius 1 is 1.48 bits per heavy atom. The fourth-order valence-corrected chi connectivity index (χ4v) is 2.20. The second-order valence-electron chi connectivity index (χ2n) is 5.29. The summed E-state index contributed by atoms with van der Waals surface area (Å²) in [5, 5.41) is 8.92. The van der Waals surface area contributed by atoms with Crippen LogP contribution in [0.4, 0.5) is 5.82 Å². The minimum Gasteiger partial charge on any atom is -0.378 e. The van der Waals surface area contributed by atoms with Crippen LogP contribution in [-0.2, 0) is 14.3 Å². The molecule has 0 bridgehead atoms. The fraction of sp³-hybridized carbons (Fsp3) is 0.643. The molecule has 1 fully saturated rings. The van der Waals surface area contributed by atoms with Crippen LogP contribution in [0.15, 0.2) is 10.6 Å². The van der Waals surface area contributed by atoms with Crippen LogP contribution in [-0.4, -0.2) is 35.7 Å². The van der Waals surface area contributed by atoms with Crippen LogP contribution in [0.1, 0.15) is 38.4 Å². The van der Waals surface area contributed by atoms with Crippen LogP contribution in [0.3, 0.4) is 0 Å². The van der Waals surface area contributed by atoms with Gasteiger partial charge in [-0.25, -0.2) is 0 Å². The maximum absolute atomic E-state index is 11.9. The standard InChI is InChI=1S/C14H21N3O4/c1-9-7-12(17-21-9)16-14(19)10(2)15-13(18)8-11-5-3-4-6-20-11/h7,10-11H,3-6,8H2,1-2H3,(H,15,18)(H,16,17,19). The van der Waals surface area contributed by atoms with Gasteiger partial charge in [-0.15, -0.1) is 0 Å². The lowest BCUT2D eigenvalue weighted by Gasteiger charge is -2.22. The lowest BCUT2D eigenvalue weighted by Crippen LogP contribution is -2.43. The summed E-state index contributed by atoms with van der Waals surface area (Å²) >= 11 is 0. The number of carbonyl (C=O) groups excluding carboxylic acids is 2. The molecule has 2 N–H and O–H groups in total. The molecule has 7 heteroatoms. The molecule has 116 valence electrons. The van der Waals surface area contributed by atoms with Crippen molar-refractivity contribution >= 4 is 17.6 Å². The molecule has 1 aromatic heterocycles. The summed E-state index contributed by atoms with van der Waals surface area (Å²) in [7, 11) is 0. The number of amides is 2. The molecule has 1 aromatic rings. The van der Waals surface area contributed by atoms with Crippen molar-refractivity contribution in [2.24, 2.45) is 0 Å². The van der Waals surface area contributed by atoms with Crippen LogP contribution >= 0.6 is 0 Å². The third kappa shape index (κ3) is 4.86. The van der Waals surface area contributed by atoms with Crippen molar-refractivity contribution in [3.63, 3.8) is 0 Å². The Balaban J connectivity index is 1.75. The third-order valence-electron chi connectivity index (χ3n) is 3.34. The molecule has 2 unspecified atom stereocenters. The van der Waals surface area contributed by atoms with E-state index < -0.39 is 6.04 Å². The minimum absolute atomic E-state index is 0.0350. The molecule has 0 radical (unpaired) electrons. The van der Waals surface area contributed by atoms with Crippen molar-refractivity contribution in [1.29, 1.82) is 0 Å². The Morgan fingerprint density at radius 2 is 2.29 bits per heavy atom. The van der Waals surface area contributed by atoms with Gasteiger partial charge in [0.1, 0.15) is 11.8 Å². The SMILES string of the molecule is Cc1cc(NC(=O)C(C)NC(=O)CC2CCCCO2)no1. The molecular formula is C14H21N3O4. The second kappa shape index (κ2) is 7.21. The Hall–Kier alpha value is -1.89. The molecule has 0 spiro atoms. The van der Waals surface area contributed by atoms with Crippen LogP contribution in [0, 0.1) is 6.92 Å². The number of nitrogens with zero attached hydrogens (tertiary/aromatic N) is 1. The molecule has 1 aliphatic rings. The van der Waals surface area contributed by atoms with E-state index in [4.69, 9.17) is 9.26 Å². The lowest BCUT2D eigenvalue weighted by molar-refractivity contribution is -0.128. The molecule has 0 aliphatic carbocycles. The first-order valence-electron chi connectivity index (χ1n) is 7.20. The maximum Gasteiger partial charge on any atom is 0.247 e. The molecule has 7 nitrogen and oxygen atoms in total. The highest BCUT2D eigenvalue weighted by Gasteiger charge is 2.21. The van der Waals surface area contributed by atoms with Gasteiger partial charge in [-0.05, 0) is 33.1 Å². The van der Waals surface area contributed by atoms with E-state index in [1.54, 1.807) is 19.9 Å². The van der Waals surface area contributed by atoms with Crippen LogP contribution in [0.2, 0.25) is 0 Å². The van der Waals surface area contributed by atoms with E-state index in [1.165, 1.54) is 0 Å². The van der Waals surface area contributed by atoms with E-state index in [0.717, 1.165) is 19.3 Å². The van der Waals surface area contributed by atoms with Gasteiger partial charge in [0.25, 0.3) is 0 Å². The number of ether oxygens (including phenoxy) is 1. The normalized spacial score (nSPS) is 19.8. The van der Waals surface area contributed by atoms with E-state index in [1.807, 2.05) is 0 Å². The zero-order valence-electron chi connectivity index (χ0n) is 12.3. The Labute approximate surface area is 123 Å². The highest BCUT2D eigenvalue weighted by Crippen LogP contribution is 2.15. The molecule has 2 heterocycles. The molecular weight excluding hydrogens is 274 g/mol. The summed E-state index contributed by atoms with van der Waals surface area (Å²) in [6.45, 7) is 4.07. The van der Waals surface area contributed by atoms with Gasteiger partial charge in [-0.1, -0.05) is 5.16 Å². The number of aromatic nitrogens is 1. The minimum atomic E-state index is -0.641. The fourth-order valence-electron chi connectivity index (χ4n) is 2.20. The molecule has 0 aromatic carbocycles. The highest BCUT2D eigenvalue weighted by molar-refractivity contribution is 5.96. The van der Waals surface area contributed by atoms with Crippen molar-refractivity contribution in [1.82, 2.24) is 10.5 Å². The average molecular weight is 295 g/mol. The predicted octanol–water partition coefficient (Wildman–Crippen LogP) is 1.39. The summed E-state index contributed by atoms with van der Waals surface area (Å²) in [5.74, 6) is 0.438. The molecule has 2 amide bonds. The van der Waals surface area contributed by atoms with Crippen molar-refractivity contribution in [2.45, 2.75) is 51.7 Å². The van der Waals surface area contributed by atoms with E-state index in [2.05, 4.69) is 15.8 Å². The average Bonchev–Trinajstić information content (AvgIpc) is 2.85. The van der Waals surface area contributed by atoms with Crippen molar-refractivity contribution in [2.75, 3.05) is 11.9 Å². The number of anilines is 1. The molecule has 2 rings (SSSR count). The second-order valence-corrected chi connectivity index (χ2v) is 5.29. The van der Waals surface area contributed by atoms with Crippen molar-refractivity contribution < 1.29 is 18.8 Å². The van der Waals surface area contributed by atoms with Crippen molar-refractivity contribution in [3.05, 3.63) is 11.8 Å². The van der Waals surface area contributed by atoms with Gasteiger partial charge in [-0.3, -0.25) is 9.59 Å². The molecule has 1 aliphatic heterocycles. The number of nitrogens with one attached hydrogen (secondary N) is 2. The van der Waals surface area contributed by atoms with Gasteiger partial charge < -0.3 is 19.9 Å². The summed E-state index contributed by atoms with van der Waals surface area (Å²) in [4.78, 5) is 23.8. The first-order chi connectivity index (χ1) is 10.0. The van der Waals surface area contributed by atoms with Gasteiger partial charge in [0.15, 0.2) is 5.82 Å². The third-order valence-corrected chi connectivity index (χ3v) is 3.34. The largest absolute Gasteiger partial charge is 0.378 e. The molecule has 1 saturated heterocycles. The van der Waals surface area contributed by atoms with Gasteiger partial charge in [-0.2, -0.15) is 0 Å². The number of hydrogen-bond donors (Lipinski definition) is 2. The quantitative estimate of drug-likeness (QED) is 0.856. The summed E-state index contributed by atoms with van der Waals surface area (Å²) in [6.07, 6.45) is 3.28. The van der Waals surface area contributed by atoms with E-state index in [0.29, 0.717) is 24.6 Å². The van der Waals surface area contributed by atoms with Gasteiger partial charge in [0.2, 0.25) is 11.8 Å². The molecule has 2 atom stereocenters. The summed E-state index contributed by atoms with van der Waals surface area (Å²) < 4.78 is 10.4. The Kier molecular flexibility index (Phi) is 5.32. The number of hydrogen-bond acceptors (Lipinski definition) is 5. The molecule has 21 heavy (non-hydrogen) atoms. The van der Waals surface area contributed by atoms with Gasteiger partial charge in [0.05, 0.1) is 12.5 Å². The predicted molar refractivity (Wildman–Crippen MR) is 75.7 cm³/mol. The highest BCUT2D eigenvalue weighted by atomic mass is 16.5. The van der Waals surface area contributed by atoms with Crippen LogP contribution in [0.5, 0.6) is 0 Å². The Morgan fingerprint density at radius 3 is 2.90 bits per heavy atom. The number of aryl methyl sites for hydroxylation is 1. The zero-order chi connectivity index (χ0) is 15.2. The van der Waals surface area contributed by atoms with E-state index in [-0.39, 0.29) is 17.9 Å². The summed E-state index contributed by atoms with van der Waals surface area (Å²) in [5.41, 5.74) is 0. The first-order valence-corrected chi connectivity index (χ1v) is 7.20. The van der Waals surface area contributed by atoms with Crippen LogP contribution < -0.4 is 10.6 Å². The lowest BCUT2D eigenvalue weighted by atomic mass is 10.1. The van der Waals surface area contributed by atoms with Crippen molar-refractivity contribution in [3.8, 4) is 0 Å². The number of rotatable bonds is 5.